The van der Waals surface area contributed by atoms with Gasteiger partial charge in [-0.25, -0.2) is 0 Å². The summed E-state index contributed by atoms with van der Waals surface area (Å²) in [5.41, 5.74) is 5.61. The van der Waals surface area contributed by atoms with Crippen molar-refractivity contribution in [2.24, 2.45) is 0 Å². The molecule has 4 aromatic rings. The summed E-state index contributed by atoms with van der Waals surface area (Å²) >= 11 is 0. The van der Waals surface area contributed by atoms with Crippen LogP contribution in [0.15, 0.2) is 71.7 Å². The van der Waals surface area contributed by atoms with E-state index in [1.165, 1.54) is 16.6 Å². The number of hydrogen-bond acceptors (Lipinski definition) is 3. The Hall–Kier alpha value is -3.02. The van der Waals surface area contributed by atoms with Gasteiger partial charge < -0.3 is 15.0 Å². The van der Waals surface area contributed by atoms with Gasteiger partial charge in [-0.05, 0) is 42.3 Å². The molecule has 0 spiro atoms. The van der Waals surface area contributed by atoms with Crippen molar-refractivity contribution in [2.45, 2.75) is 19.4 Å². The molecule has 0 bridgehead atoms. The number of fused-ring (bicyclic) bond motifs is 3. The average molecular weight is 422 g/mol. The van der Waals surface area contributed by atoms with E-state index in [1.54, 1.807) is 16.8 Å². The van der Waals surface area contributed by atoms with Crippen LogP contribution in [0.5, 0.6) is 5.75 Å². The zero-order chi connectivity index (χ0) is 19.6. The largest absolute Gasteiger partial charge is 0.489 e. The molecule has 0 saturated heterocycles. The third-order valence-electron chi connectivity index (χ3n) is 5.50. The Morgan fingerprint density at radius 3 is 2.63 bits per heavy atom. The van der Waals surface area contributed by atoms with Crippen molar-refractivity contribution < 1.29 is 4.74 Å². The topological polar surface area (TPSA) is 59.0 Å². The van der Waals surface area contributed by atoms with Crippen LogP contribution in [0.25, 0.3) is 16.6 Å². The quantitative estimate of drug-likeness (QED) is 0.523. The molecule has 6 heteroatoms. The molecule has 0 aliphatic carbocycles. The molecule has 3 heterocycles. The molecule has 0 saturated carbocycles. The number of nitrogens with one attached hydrogen (secondary N) is 2. The lowest BCUT2D eigenvalue weighted by Crippen LogP contribution is -2.17. The summed E-state index contributed by atoms with van der Waals surface area (Å²) in [4.78, 5) is 16.2. The molecule has 5 nitrogen and oxygen atoms in total. The van der Waals surface area contributed by atoms with Gasteiger partial charge in [-0.3, -0.25) is 9.36 Å². The van der Waals surface area contributed by atoms with Gasteiger partial charge in [-0.15, -0.1) is 12.4 Å². The SMILES string of the molecule is Cl.O=c1cc(OCc2ccccc2)ccn1-c1ccc2c3c([nH]c2c1)CCNCC3. The highest BCUT2D eigenvalue weighted by Crippen LogP contribution is 2.26. The zero-order valence-electron chi connectivity index (χ0n) is 16.6. The van der Waals surface area contributed by atoms with Gasteiger partial charge in [-0.2, -0.15) is 0 Å². The number of rotatable bonds is 4. The summed E-state index contributed by atoms with van der Waals surface area (Å²) < 4.78 is 7.43. The predicted molar refractivity (Wildman–Crippen MR) is 122 cm³/mol. The molecule has 0 radical (unpaired) electrons. The molecule has 5 rings (SSSR count). The van der Waals surface area contributed by atoms with Crippen molar-refractivity contribution >= 4 is 23.3 Å². The van der Waals surface area contributed by atoms with E-state index in [-0.39, 0.29) is 18.0 Å². The summed E-state index contributed by atoms with van der Waals surface area (Å²) in [7, 11) is 0. The molecule has 30 heavy (non-hydrogen) atoms. The Kier molecular flexibility index (Phi) is 5.93. The third kappa shape index (κ3) is 3.99. The van der Waals surface area contributed by atoms with Crippen molar-refractivity contribution in [3.63, 3.8) is 0 Å². The number of pyridine rings is 1. The van der Waals surface area contributed by atoms with Crippen LogP contribution in [-0.4, -0.2) is 22.6 Å². The van der Waals surface area contributed by atoms with Gasteiger partial charge in [0.2, 0.25) is 0 Å². The van der Waals surface area contributed by atoms with Gasteiger partial charge in [-0.1, -0.05) is 36.4 Å². The number of halogens is 1. The van der Waals surface area contributed by atoms with E-state index < -0.39 is 0 Å². The van der Waals surface area contributed by atoms with Crippen LogP contribution in [0.1, 0.15) is 16.8 Å². The molecule has 1 aliphatic heterocycles. The zero-order valence-corrected chi connectivity index (χ0v) is 17.4. The number of aromatic nitrogens is 2. The molecule has 0 amide bonds. The molecule has 2 aromatic carbocycles. The first-order valence-corrected chi connectivity index (χ1v) is 10.0. The van der Waals surface area contributed by atoms with Crippen LogP contribution >= 0.6 is 12.4 Å². The molecule has 1 aliphatic rings. The minimum absolute atomic E-state index is 0. The highest BCUT2D eigenvalue weighted by atomic mass is 35.5. The van der Waals surface area contributed by atoms with Gasteiger partial charge in [0, 0.05) is 41.8 Å². The van der Waals surface area contributed by atoms with Crippen molar-refractivity contribution in [1.29, 1.82) is 0 Å². The number of aromatic amines is 1. The maximum absolute atomic E-state index is 12.7. The van der Waals surface area contributed by atoms with Crippen molar-refractivity contribution in [2.75, 3.05) is 13.1 Å². The van der Waals surface area contributed by atoms with E-state index in [0.29, 0.717) is 12.4 Å². The van der Waals surface area contributed by atoms with Crippen LogP contribution in [0.3, 0.4) is 0 Å². The fraction of sp³-hybridized carbons (Fsp3) is 0.208. The summed E-state index contributed by atoms with van der Waals surface area (Å²) in [6.45, 7) is 2.45. The maximum Gasteiger partial charge on any atom is 0.258 e. The molecule has 2 aromatic heterocycles. The van der Waals surface area contributed by atoms with Crippen LogP contribution in [0.4, 0.5) is 0 Å². The normalized spacial score (nSPS) is 13.3. The van der Waals surface area contributed by atoms with Crippen LogP contribution in [-0.2, 0) is 19.4 Å². The fourth-order valence-corrected chi connectivity index (χ4v) is 4.00. The lowest BCUT2D eigenvalue weighted by molar-refractivity contribution is 0.305. The molecule has 0 fully saturated rings. The number of nitrogens with zero attached hydrogens (tertiary/aromatic N) is 1. The lowest BCUT2D eigenvalue weighted by atomic mass is 10.1. The van der Waals surface area contributed by atoms with Gasteiger partial charge >= 0.3 is 0 Å². The van der Waals surface area contributed by atoms with Crippen molar-refractivity contribution in [3.8, 4) is 11.4 Å². The second kappa shape index (κ2) is 8.78. The third-order valence-corrected chi connectivity index (χ3v) is 5.50. The molecule has 154 valence electrons. The lowest BCUT2D eigenvalue weighted by Gasteiger charge is -2.09. The maximum atomic E-state index is 12.7. The Bertz CT molecular complexity index is 1210. The van der Waals surface area contributed by atoms with Gasteiger partial charge in [0.25, 0.3) is 5.56 Å². The minimum Gasteiger partial charge on any atom is -0.489 e. The Morgan fingerprint density at radius 2 is 1.80 bits per heavy atom. The first-order valence-electron chi connectivity index (χ1n) is 10.0. The van der Waals surface area contributed by atoms with E-state index in [0.717, 1.165) is 42.7 Å². The number of H-pyrrole nitrogens is 1. The van der Waals surface area contributed by atoms with Crippen LogP contribution in [0.2, 0.25) is 0 Å². The summed E-state index contributed by atoms with van der Waals surface area (Å²) in [5, 5.41) is 4.69. The Balaban J connectivity index is 0.00000218. The van der Waals surface area contributed by atoms with E-state index in [4.69, 9.17) is 4.74 Å². The second-order valence-electron chi connectivity index (χ2n) is 7.41. The van der Waals surface area contributed by atoms with Gasteiger partial charge in [0.05, 0.1) is 5.69 Å². The number of hydrogen-bond donors (Lipinski definition) is 2. The van der Waals surface area contributed by atoms with Gasteiger partial charge in [0.1, 0.15) is 12.4 Å². The summed E-state index contributed by atoms with van der Waals surface area (Å²) in [6.07, 6.45) is 3.82. The molecular weight excluding hydrogens is 398 g/mol. The summed E-state index contributed by atoms with van der Waals surface area (Å²) in [6, 6.07) is 19.5. The first kappa shape index (κ1) is 20.3. The smallest absolute Gasteiger partial charge is 0.258 e. The van der Waals surface area contributed by atoms with Crippen LogP contribution < -0.4 is 15.6 Å². The van der Waals surface area contributed by atoms with E-state index >= 15 is 0 Å². The van der Waals surface area contributed by atoms with E-state index in [2.05, 4.69) is 22.4 Å². The Labute approximate surface area is 181 Å². The second-order valence-corrected chi connectivity index (χ2v) is 7.41. The highest BCUT2D eigenvalue weighted by molar-refractivity contribution is 5.86. The molecule has 0 atom stereocenters. The van der Waals surface area contributed by atoms with E-state index in [9.17, 15) is 4.79 Å². The van der Waals surface area contributed by atoms with Crippen molar-refractivity contribution in [3.05, 3.63) is 94.0 Å². The number of benzene rings is 2. The first-order chi connectivity index (χ1) is 14.3. The predicted octanol–water partition coefficient (Wildman–Crippen LogP) is 4.01. The standard InChI is InChI=1S/C24H23N3O2.ClH/c28-24-15-19(29-16-17-4-2-1-3-5-17)10-13-27(24)18-6-7-20-21-8-11-25-12-9-22(21)26-23(20)14-18;/h1-7,10,13-15,25-26H,8-9,11-12,16H2;1H. The molecular formula is C24H24ClN3O2. The van der Waals surface area contributed by atoms with Crippen molar-refractivity contribution in [1.82, 2.24) is 14.9 Å². The molecule has 0 unspecified atom stereocenters. The Morgan fingerprint density at radius 1 is 0.967 bits per heavy atom. The van der Waals surface area contributed by atoms with Crippen LogP contribution in [0, 0.1) is 0 Å². The molecule has 2 N–H and O–H groups in total. The van der Waals surface area contributed by atoms with E-state index in [1.807, 2.05) is 42.5 Å². The average Bonchev–Trinajstić information content (AvgIpc) is 2.92. The fourth-order valence-electron chi connectivity index (χ4n) is 4.00. The highest BCUT2D eigenvalue weighted by Gasteiger charge is 2.14. The summed E-state index contributed by atoms with van der Waals surface area (Å²) in [5.74, 6) is 0.579. The minimum atomic E-state index is -0.104. The monoisotopic (exact) mass is 421 g/mol. The van der Waals surface area contributed by atoms with Gasteiger partial charge in [0.15, 0.2) is 0 Å². The number of ether oxygens (including phenoxy) is 1.